The molecule has 1 aromatic heterocycles. The molecule has 6 heteroatoms. The molecule has 1 amide bonds. The average molecular weight is 450 g/mol. The monoisotopic (exact) mass is 449 g/mol. The standard InChI is InChI=1S/C23H16BrNO4/c24-16-10-12-17(13-11-16)25-20(26)14-28-23-21(27)18-8-4-5-9-19(18)29-22(23)15-6-2-1-3-7-15/h1-13H,14H2,(H,25,26). The Balaban J connectivity index is 1.65. The maximum atomic E-state index is 13.0. The van der Waals surface area contributed by atoms with E-state index in [0.29, 0.717) is 28.0 Å². The molecular weight excluding hydrogens is 434 g/mol. The normalized spacial score (nSPS) is 10.7. The minimum Gasteiger partial charge on any atom is -0.476 e. The molecule has 0 bridgehead atoms. The van der Waals surface area contributed by atoms with Gasteiger partial charge in [-0.1, -0.05) is 58.4 Å². The molecule has 3 aromatic carbocycles. The minimum absolute atomic E-state index is 0.0147. The number of rotatable bonds is 5. The first kappa shape index (κ1) is 19.0. The number of carbonyl (C=O) groups excluding carboxylic acids is 1. The predicted molar refractivity (Wildman–Crippen MR) is 116 cm³/mol. The third kappa shape index (κ3) is 4.22. The Kier molecular flexibility index (Phi) is 5.44. The number of para-hydroxylation sites is 1. The lowest BCUT2D eigenvalue weighted by atomic mass is 10.1. The number of hydrogen-bond donors (Lipinski definition) is 1. The number of carbonyl (C=O) groups is 1. The molecule has 0 saturated carbocycles. The van der Waals surface area contributed by atoms with E-state index in [4.69, 9.17) is 9.15 Å². The van der Waals surface area contributed by atoms with Gasteiger partial charge in [0.05, 0.1) is 5.39 Å². The van der Waals surface area contributed by atoms with E-state index in [9.17, 15) is 9.59 Å². The van der Waals surface area contributed by atoms with Gasteiger partial charge in [0.25, 0.3) is 5.91 Å². The highest BCUT2D eigenvalue weighted by molar-refractivity contribution is 9.10. The van der Waals surface area contributed by atoms with Crippen LogP contribution in [-0.4, -0.2) is 12.5 Å². The second-order valence-corrected chi connectivity index (χ2v) is 7.21. The van der Waals surface area contributed by atoms with Gasteiger partial charge in [-0.05, 0) is 36.4 Å². The summed E-state index contributed by atoms with van der Waals surface area (Å²) in [7, 11) is 0. The van der Waals surface area contributed by atoms with Crippen molar-refractivity contribution in [3.8, 4) is 17.1 Å². The first-order valence-electron chi connectivity index (χ1n) is 8.91. The highest BCUT2D eigenvalue weighted by Crippen LogP contribution is 2.30. The van der Waals surface area contributed by atoms with Crippen LogP contribution in [-0.2, 0) is 4.79 Å². The lowest BCUT2D eigenvalue weighted by molar-refractivity contribution is -0.118. The lowest BCUT2D eigenvalue weighted by Gasteiger charge is -2.12. The number of benzene rings is 3. The van der Waals surface area contributed by atoms with E-state index in [1.165, 1.54) is 0 Å². The van der Waals surface area contributed by atoms with E-state index < -0.39 is 0 Å². The van der Waals surface area contributed by atoms with Crippen molar-refractivity contribution < 1.29 is 13.9 Å². The van der Waals surface area contributed by atoms with Crippen LogP contribution in [0.15, 0.2) is 92.5 Å². The smallest absolute Gasteiger partial charge is 0.262 e. The third-order valence-electron chi connectivity index (χ3n) is 4.27. The van der Waals surface area contributed by atoms with Crippen LogP contribution in [0.3, 0.4) is 0 Å². The van der Waals surface area contributed by atoms with Crippen LogP contribution in [0.25, 0.3) is 22.3 Å². The number of anilines is 1. The molecule has 4 aromatic rings. The number of fused-ring (bicyclic) bond motifs is 1. The fourth-order valence-corrected chi connectivity index (χ4v) is 3.17. The quantitative estimate of drug-likeness (QED) is 0.452. The molecule has 0 radical (unpaired) electrons. The summed E-state index contributed by atoms with van der Waals surface area (Å²) in [6.45, 7) is -0.320. The van der Waals surface area contributed by atoms with Gasteiger partial charge >= 0.3 is 0 Å². The van der Waals surface area contributed by atoms with Gasteiger partial charge in [-0.3, -0.25) is 9.59 Å². The summed E-state index contributed by atoms with van der Waals surface area (Å²) in [4.78, 5) is 25.3. The SMILES string of the molecule is O=C(COc1c(-c2ccccc2)oc2ccccc2c1=O)Nc1ccc(Br)cc1. The molecule has 1 N–H and O–H groups in total. The van der Waals surface area contributed by atoms with Crippen molar-refractivity contribution in [1.29, 1.82) is 0 Å². The second kappa shape index (κ2) is 8.32. The summed E-state index contributed by atoms with van der Waals surface area (Å²) in [5.74, 6) is -0.0644. The molecule has 0 aliphatic carbocycles. The van der Waals surface area contributed by atoms with E-state index >= 15 is 0 Å². The second-order valence-electron chi connectivity index (χ2n) is 6.30. The van der Waals surface area contributed by atoms with Gasteiger partial charge in [0.1, 0.15) is 5.58 Å². The fourth-order valence-electron chi connectivity index (χ4n) is 2.90. The maximum Gasteiger partial charge on any atom is 0.262 e. The fraction of sp³-hybridized carbons (Fsp3) is 0.0435. The summed E-state index contributed by atoms with van der Waals surface area (Å²) in [5.41, 5.74) is 1.47. The van der Waals surface area contributed by atoms with Crippen molar-refractivity contribution in [2.75, 3.05) is 11.9 Å². The van der Waals surface area contributed by atoms with Gasteiger partial charge in [0.15, 0.2) is 12.4 Å². The maximum absolute atomic E-state index is 13.0. The van der Waals surface area contributed by atoms with Crippen LogP contribution in [0.4, 0.5) is 5.69 Å². The Hall–Kier alpha value is -3.38. The molecule has 0 spiro atoms. The van der Waals surface area contributed by atoms with Crippen LogP contribution in [0.2, 0.25) is 0 Å². The van der Waals surface area contributed by atoms with Crippen molar-refractivity contribution in [2.24, 2.45) is 0 Å². The van der Waals surface area contributed by atoms with Gasteiger partial charge in [0.2, 0.25) is 11.2 Å². The molecule has 0 aliphatic heterocycles. The van der Waals surface area contributed by atoms with Crippen LogP contribution < -0.4 is 15.5 Å². The molecule has 4 rings (SSSR count). The van der Waals surface area contributed by atoms with Crippen molar-refractivity contribution in [2.45, 2.75) is 0 Å². The van der Waals surface area contributed by atoms with Gasteiger partial charge in [-0.25, -0.2) is 0 Å². The zero-order chi connectivity index (χ0) is 20.2. The summed E-state index contributed by atoms with van der Waals surface area (Å²) < 4.78 is 12.5. The Labute approximate surface area is 175 Å². The summed E-state index contributed by atoms with van der Waals surface area (Å²) in [5, 5.41) is 3.14. The van der Waals surface area contributed by atoms with E-state index in [2.05, 4.69) is 21.2 Å². The van der Waals surface area contributed by atoms with Crippen molar-refractivity contribution >= 4 is 38.5 Å². The van der Waals surface area contributed by atoms with Crippen LogP contribution in [0.1, 0.15) is 0 Å². The summed E-state index contributed by atoms with van der Waals surface area (Å²) in [6, 6.07) is 23.3. The Bertz CT molecular complexity index is 1220. The third-order valence-corrected chi connectivity index (χ3v) is 4.80. The van der Waals surface area contributed by atoms with Gasteiger partial charge in [0, 0.05) is 15.7 Å². The van der Waals surface area contributed by atoms with E-state index in [1.54, 1.807) is 36.4 Å². The van der Waals surface area contributed by atoms with Gasteiger partial charge in [-0.2, -0.15) is 0 Å². The van der Waals surface area contributed by atoms with Crippen LogP contribution >= 0.6 is 15.9 Å². The van der Waals surface area contributed by atoms with E-state index in [-0.39, 0.29) is 23.7 Å². The zero-order valence-corrected chi connectivity index (χ0v) is 16.8. The summed E-state index contributed by atoms with van der Waals surface area (Å²) >= 11 is 3.35. The molecular formula is C23H16BrNO4. The molecule has 0 saturated heterocycles. The number of nitrogens with one attached hydrogen (secondary N) is 1. The number of amides is 1. The lowest BCUT2D eigenvalue weighted by Crippen LogP contribution is -2.22. The summed E-state index contributed by atoms with van der Waals surface area (Å²) in [6.07, 6.45) is 0. The van der Waals surface area contributed by atoms with Crippen molar-refractivity contribution in [1.82, 2.24) is 0 Å². The number of hydrogen-bond acceptors (Lipinski definition) is 4. The topological polar surface area (TPSA) is 68.5 Å². The highest BCUT2D eigenvalue weighted by atomic mass is 79.9. The minimum atomic E-state index is -0.376. The highest BCUT2D eigenvalue weighted by Gasteiger charge is 2.18. The van der Waals surface area contributed by atoms with E-state index in [0.717, 1.165) is 4.47 Å². The Morgan fingerprint density at radius 2 is 1.62 bits per heavy atom. The Morgan fingerprint density at radius 3 is 2.38 bits per heavy atom. The molecule has 5 nitrogen and oxygen atoms in total. The molecule has 0 aliphatic rings. The largest absolute Gasteiger partial charge is 0.476 e. The zero-order valence-electron chi connectivity index (χ0n) is 15.2. The first-order valence-corrected chi connectivity index (χ1v) is 9.70. The first-order chi connectivity index (χ1) is 14.1. The van der Waals surface area contributed by atoms with Crippen LogP contribution in [0.5, 0.6) is 5.75 Å². The Morgan fingerprint density at radius 1 is 0.931 bits per heavy atom. The van der Waals surface area contributed by atoms with Gasteiger partial charge in [-0.15, -0.1) is 0 Å². The molecule has 0 fully saturated rings. The molecule has 29 heavy (non-hydrogen) atoms. The number of ether oxygens (including phenoxy) is 1. The van der Waals surface area contributed by atoms with E-state index in [1.807, 2.05) is 42.5 Å². The molecule has 144 valence electrons. The van der Waals surface area contributed by atoms with Gasteiger partial charge < -0.3 is 14.5 Å². The van der Waals surface area contributed by atoms with Crippen LogP contribution in [0, 0.1) is 0 Å². The molecule has 0 unspecified atom stereocenters. The molecule has 0 atom stereocenters. The average Bonchev–Trinajstić information content (AvgIpc) is 2.75. The molecule has 1 heterocycles. The number of halogens is 1. The predicted octanol–water partition coefficient (Wildman–Crippen LogP) is 5.24. The van der Waals surface area contributed by atoms with Crippen molar-refractivity contribution in [3.05, 3.63) is 93.6 Å². The van der Waals surface area contributed by atoms with Crippen molar-refractivity contribution in [3.63, 3.8) is 0 Å².